The molecule has 4 rings (SSSR count). The maximum absolute atomic E-state index is 13.1. The number of aromatic nitrogens is 3. The molecule has 0 aliphatic carbocycles. The van der Waals surface area contributed by atoms with E-state index >= 15 is 0 Å². The van der Waals surface area contributed by atoms with Gasteiger partial charge in [0, 0.05) is 32.2 Å². The number of anilines is 1. The van der Waals surface area contributed by atoms with Gasteiger partial charge in [0.15, 0.2) is 0 Å². The second-order valence-corrected chi connectivity index (χ2v) is 6.51. The second-order valence-electron chi connectivity index (χ2n) is 6.08. The van der Waals surface area contributed by atoms with E-state index in [4.69, 9.17) is 16.6 Å². The predicted octanol–water partition coefficient (Wildman–Crippen LogP) is 6.08. The van der Waals surface area contributed by atoms with Crippen LogP contribution in [0.25, 0.3) is 22.3 Å². The van der Waals surface area contributed by atoms with E-state index in [-0.39, 0.29) is 14.7 Å². The van der Waals surface area contributed by atoms with Crippen molar-refractivity contribution in [3.63, 3.8) is 0 Å². The van der Waals surface area contributed by atoms with Crippen LogP contribution in [0.1, 0.15) is 21.4 Å². The van der Waals surface area contributed by atoms with Crippen LogP contribution in [-0.4, -0.2) is 15.0 Å². The van der Waals surface area contributed by atoms with Crippen molar-refractivity contribution in [3.05, 3.63) is 77.3 Å². The number of pyridine rings is 2. The first-order valence-electron chi connectivity index (χ1n) is 8.22. The summed E-state index contributed by atoms with van der Waals surface area (Å²) in [6.07, 6.45) is 3.49. The molecule has 1 atom stereocenters. The minimum atomic E-state index is -0.243. The Balaban J connectivity index is 0.00000140. The number of nitrogens with zero attached hydrogens (tertiary/aromatic N) is 2. The average molecular weight is 371 g/mol. The summed E-state index contributed by atoms with van der Waals surface area (Å²) in [5.41, 5.74) is 3.51. The summed E-state index contributed by atoms with van der Waals surface area (Å²) in [5, 5.41) is 4.86. The van der Waals surface area contributed by atoms with Gasteiger partial charge in [0.2, 0.25) is 0 Å². The molecule has 1 aromatic carbocycles. The van der Waals surface area contributed by atoms with Crippen LogP contribution < -0.4 is 5.32 Å². The van der Waals surface area contributed by atoms with Gasteiger partial charge < -0.3 is 10.3 Å². The standard InChI is InChI=1S/C20H16ClFN4.2H2/c1-12(13-5-7-15(22)8-6-13)25-19-4-2-3-18(26-19)17-11-24-20-16(17)9-14(21)10-23-20;;/h2-12H,1H3,(H,23,24)(H,25,26);2*1H/t12-;;/m0../s1. The van der Waals surface area contributed by atoms with Crippen molar-refractivity contribution in [1.29, 1.82) is 0 Å². The molecule has 4 nitrogen and oxygen atoms in total. The molecule has 0 fully saturated rings. The van der Waals surface area contributed by atoms with Crippen LogP contribution in [0.4, 0.5) is 10.2 Å². The molecule has 0 radical (unpaired) electrons. The van der Waals surface area contributed by atoms with Crippen LogP contribution in [0.5, 0.6) is 0 Å². The third-order valence-electron chi connectivity index (χ3n) is 4.26. The Labute approximate surface area is 158 Å². The minimum absolute atomic E-state index is 0. The van der Waals surface area contributed by atoms with Gasteiger partial charge in [0.1, 0.15) is 17.3 Å². The van der Waals surface area contributed by atoms with E-state index in [1.807, 2.05) is 37.4 Å². The zero-order valence-corrected chi connectivity index (χ0v) is 14.8. The molecule has 134 valence electrons. The number of halogens is 2. The molecule has 2 N–H and O–H groups in total. The Bertz CT molecular complexity index is 1070. The van der Waals surface area contributed by atoms with Crippen molar-refractivity contribution < 1.29 is 7.24 Å². The van der Waals surface area contributed by atoms with E-state index in [9.17, 15) is 4.39 Å². The van der Waals surface area contributed by atoms with E-state index in [1.54, 1.807) is 18.3 Å². The zero-order valence-electron chi connectivity index (χ0n) is 14.0. The summed E-state index contributed by atoms with van der Waals surface area (Å²) < 4.78 is 13.1. The normalized spacial score (nSPS) is 12.3. The molecular formula is C20H20ClFN4. The molecule has 3 heterocycles. The zero-order chi connectivity index (χ0) is 18.1. The lowest BCUT2D eigenvalue weighted by molar-refractivity contribution is 0.626. The number of benzene rings is 1. The molecule has 0 bridgehead atoms. The van der Waals surface area contributed by atoms with Crippen molar-refractivity contribution in [2.45, 2.75) is 13.0 Å². The summed E-state index contributed by atoms with van der Waals surface area (Å²) in [7, 11) is 0. The van der Waals surface area contributed by atoms with Crippen LogP contribution in [0, 0.1) is 5.82 Å². The maximum Gasteiger partial charge on any atom is 0.138 e. The highest BCUT2D eigenvalue weighted by molar-refractivity contribution is 6.31. The van der Waals surface area contributed by atoms with Crippen LogP contribution in [0.3, 0.4) is 0 Å². The van der Waals surface area contributed by atoms with Crippen molar-refractivity contribution in [2.75, 3.05) is 5.32 Å². The molecule has 0 aliphatic heterocycles. The van der Waals surface area contributed by atoms with Gasteiger partial charge in [-0.3, -0.25) is 0 Å². The lowest BCUT2D eigenvalue weighted by Crippen LogP contribution is -2.08. The van der Waals surface area contributed by atoms with Crippen LogP contribution in [-0.2, 0) is 0 Å². The Morgan fingerprint density at radius 2 is 2.00 bits per heavy atom. The monoisotopic (exact) mass is 370 g/mol. The van der Waals surface area contributed by atoms with Gasteiger partial charge in [-0.15, -0.1) is 0 Å². The summed E-state index contributed by atoms with van der Waals surface area (Å²) in [4.78, 5) is 12.1. The first-order chi connectivity index (χ1) is 12.6. The quantitative estimate of drug-likeness (QED) is 0.457. The number of fused-ring (bicyclic) bond motifs is 1. The number of hydrogen-bond donors (Lipinski definition) is 2. The number of hydrogen-bond acceptors (Lipinski definition) is 3. The first-order valence-corrected chi connectivity index (χ1v) is 8.60. The van der Waals surface area contributed by atoms with Gasteiger partial charge in [0.25, 0.3) is 0 Å². The molecule has 0 saturated carbocycles. The highest BCUT2D eigenvalue weighted by atomic mass is 35.5. The highest BCUT2D eigenvalue weighted by Gasteiger charge is 2.11. The lowest BCUT2D eigenvalue weighted by Gasteiger charge is -2.15. The first kappa shape index (κ1) is 16.5. The molecule has 0 unspecified atom stereocenters. The average Bonchev–Trinajstić information content (AvgIpc) is 3.05. The van der Waals surface area contributed by atoms with Gasteiger partial charge >= 0.3 is 0 Å². The molecule has 0 amide bonds. The van der Waals surface area contributed by atoms with Gasteiger partial charge in [-0.05, 0) is 42.8 Å². The van der Waals surface area contributed by atoms with E-state index in [1.165, 1.54) is 12.1 Å². The third kappa shape index (κ3) is 3.26. The second kappa shape index (κ2) is 6.77. The smallest absolute Gasteiger partial charge is 0.138 e. The summed E-state index contributed by atoms with van der Waals surface area (Å²) in [6.45, 7) is 2.01. The van der Waals surface area contributed by atoms with Gasteiger partial charge in [0.05, 0.1) is 10.7 Å². The number of nitrogens with one attached hydrogen (secondary N) is 2. The number of H-pyrrole nitrogens is 1. The van der Waals surface area contributed by atoms with Crippen molar-refractivity contribution in [1.82, 2.24) is 15.0 Å². The van der Waals surface area contributed by atoms with Gasteiger partial charge in [-0.25, -0.2) is 14.4 Å². The topological polar surface area (TPSA) is 53.6 Å². The van der Waals surface area contributed by atoms with Crippen molar-refractivity contribution in [2.24, 2.45) is 0 Å². The van der Waals surface area contributed by atoms with E-state index in [2.05, 4.69) is 15.3 Å². The number of rotatable bonds is 4. The van der Waals surface area contributed by atoms with Crippen LogP contribution in [0.2, 0.25) is 5.02 Å². The maximum atomic E-state index is 13.1. The Morgan fingerprint density at radius 1 is 1.19 bits per heavy atom. The summed E-state index contributed by atoms with van der Waals surface area (Å²) in [6, 6.07) is 14.1. The molecule has 0 aliphatic rings. The van der Waals surface area contributed by atoms with Crippen LogP contribution >= 0.6 is 11.6 Å². The summed E-state index contributed by atoms with van der Waals surface area (Å²) >= 11 is 6.08. The molecule has 0 spiro atoms. The van der Waals surface area contributed by atoms with Crippen molar-refractivity contribution in [3.8, 4) is 11.3 Å². The lowest BCUT2D eigenvalue weighted by atomic mass is 10.1. The van der Waals surface area contributed by atoms with E-state index in [0.29, 0.717) is 5.02 Å². The fourth-order valence-corrected chi connectivity index (χ4v) is 3.07. The molecule has 3 aromatic heterocycles. The highest BCUT2D eigenvalue weighted by Crippen LogP contribution is 2.29. The largest absolute Gasteiger partial charge is 0.364 e. The molecule has 0 saturated heterocycles. The Kier molecular flexibility index (Phi) is 4.31. The molecular weight excluding hydrogens is 351 g/mol. The molecule has 6 heteroatoms. The van der Waals surface area contributed by atoms with Gasteiger partial charge in [-0.2, -0.15) is 0 Å². The predicted molar refractivity (Wildman–Crippen MR) is 107 cm³/mol. The number of aromatic amines is 1. The van der Waals surface area contributed by atoms with E-state index < -0.39 is 0 Å². The Morgan fingerprint density at radius 3 is 2.81 bits per heavy atom. The Hall–Kier alpha value is -2.92. The SMILES string of the molecule is C[C@H](Nc1cccc(-c2c[nH]c3ncc(Cl)cc23)n1)c1ccc(F)cc1.[HH].[HH]. The summed E-state index contributed by atoms with van der Waals surface area (Å²) in [5.74, 6) is 0.497. The fraction of sp³-hybridized carbons (Fsp3) is 0.100. The minimum Gasteiger partial charge on any atom is -0.364 e. The third-order valence-corrected chi connectivity index (χ3v) is 4.46. The van der Waals surface area contributed by atoms with Crippen molar-refractivity contribution >= 4 is 28.5 Å². The van der Waals surface area contributed by atoms with E-state index in [0.717, 1.165) is 33.7 Å². The van der Waals surface area contributed by atoms with Crippen LogP contribution in [0.15, 0.2) is 60.9 Å². The molecule has 26 heavy (non-hydrogen) atoms. The fourth-order valence-electron chi connectivity index (χ4n) is 2.91. The van der Waals surface area contributed by atoms with Gasteiger partial charge in [-0.1, -0.05) is 29.8 Å². The molecule has 4 aromatic rings.